The molecule has 3 nitrogen and oxygen atoms in total. The lowest BCUT2D eigenvalue weighted by Gasteiger charge is -2.24. The summed E-state index contributed by atoms with van der Waals surface area (Å²) >= 11 is 0. The van der Waals surface area contributed by atoms with Crippen LogP contribution in [0, 0.1) is 0 Å². The standard InChI is InChI=1S/C10H12FNO2/c1-2-10(14)5-7(13)8-6(10)3-4-12-9(8)11/h4,9,14H,2-3,5H2,1H3. The number of ketones is 1. The van der Waals surface area contributed by atoms with Gasteiger partial charge in [0.15, 0.2) is 5.78 Å². The van der Waals surface area contributed by atoms with E-state index >= 15 is 0 Å². The highest BCUT2D eigenvalue weighted by Crippen LogP contribution is 2.41. The quantitative estimate of drug-likeness (QED) is 0.641. The van der Waals surface area contributed by atoms with E-state index in [1.165, 1.54) is 6.21 Å². The van der Waals surface area contributed by atoms with Crippen molar-refractivity contribution >= 4 is 12.0 Å². The van der Waals surface area contributed by atoms with Crippen molar-refractivity contribution in [3.8, 4) is 0 Å². The zero-order valence-electron chi connectivity index (χ0n) is 7.96. The van der Waals surface area contributed by atoms with Crippen molar-refractivity contribution in [1.82, 2.24) is 0 Å². The Kier molecular flexibility index (Phi) is 2.03. The van der Waals surface area contributed by atoms with E-state index in [9.17, 15) is 14.3 Å². The summed E-state index contributed by atoms with van der Waals surface area (Å²) in [6.07, 6.45) is 0.719. The van der Waals surface area contributed by atoms with Gasteiger partial charge in [0.25, 0.3) is 0 Å². The fourth-order valence-corrected chi connectivity index (χ4v) is 2.11. The molecule has 1 N–H and O–H groups in total. The molecule has 0 spiro atoms. The third-order valence-corrected chi connectivity index (χ3v) is 3.00. The predicted octanol–water partition coefficient (Wildman–Crippen LogP) is 1.17. The molecule has 0 aromatic heterocycles. The number of Topliss-reactive ketones (excluding diaryl/α,β-unsaturated/α-hetero) is 1. The highest BCUT2D eigenvalue weighted by Gasteiger charge is 2.45. The number of dihydropyridines is 1. The molecule has 2 atom stereocenters. The minimum Gasteiger partial charge on any atom is -0.385 e. The van der Waals surface area contributed by atoms with Gasteiger partial charge in [0.1, 0.15) is 0 Å². The number of carbonyl (C=O) groups excluding carboxylic acids is 1. The normalized spacial score (nSPS) is 36.5. The number of rotatable bonds is 1. The van der Waals surface area contributed by atoms with Crippen LogP contribution in [-0.4, -0.2) is 29.0 Å². The van der Waals surface area contributed by atoms with Gasteiger partial charge in [-0.1, -0.05) is 6.92 Å². The highest BCUT2D eigenvalue weighted by atomic mass is 19.1. The van der Waals surface area contributed by atoms with Gasteiger partial charge in [0.05, 0.1) is 11.2 Å². The minimum atomic E-state index is -1.56. The van der Waals surface area contributed by atoms with Crippen molar-refractivity contribution in [3.05, 3.63) is 11.1 Å². The molecule has 0 fully saturated rings. The van der Waals surface area contributed by atoms with Crippen LogP contribution >= 0.6 is 0 Å². The average molecular weight is 197 g/mol. The zero-order chi connectivity index (χ0) is 10.3. The first-order valence-corrected chi connectivity index (χ1v) is 4.73. The molecule has 0 saturated heterocycles. The Hall–Kier alpha value is -1.03. The van der Waals surface area contributed by atoms with Crippen molar-refractivity contribution in [2.45, 2.75) is 38.1 Å². The minimum absolute atomic E-state index is 0.0119. The lowest BCUT2D eigenvalue weighted by molar-refractivity contribution is -0.117. The van der Waals surface area contributed by atoms with E-state index < -0.39 is 11.9 Å². The van der Waals surface area contributed by atoms with Gasteiger partial charge >= 0.3 is 0 Å². The van der Waals surface area contributed by atoms with Gasteiger partial charge in [-0.15, -0.1) is 0 Å². The smallest absolute Gasteiger partial charge is 0.218 e. The molecule has 0 aromatic rings. The monoisotopic (exact) mass is 197 g/mol. The molecule has 2 unspecified atom stereocenters. The summed E-state index contributed by atoms with van der Waals surface area (Å²) < 4.78 is 13.3. The summed E-state index contributed by atoms with van der Waals surface area (Å²) in [6.45, 7) is 1.79. The van der Waals surface area contributed by atoms with Gasteiger partial charge < -0.3 is 5.11 Å². The number of nitrogens with zero attached hydrogens (tertiary/aromatic N) is 1. The fraction of sp³-hybridized carbons (Fsp3) is 0.600. The van der Waals surface area contributed by atoms with Crippen molar-refractivity contribution in [3.63, 3.8) is 0 Å². The van der Waals surface area contributed by atoms with Crippen LogP contribution in [0.4, 0.5) is 4.39 Å². The Bertz CT molecular complexity index is 348. The molecule has 0 amide bonds. The number of alkyl halides is 1. The van der Waals surface area contributed by atoms with E-state index in [0.29, 0.717) is 18.4 Å². The second-order valence-corrected chi connectivity index (χ2v) is 3.75. The van der Waals surface area contributed by atoms with Crippen molar-refractivity contribution in [2.24, 2.45) is 4.99 Å². The lowest BCUT2D eigenvalue weighted by atomic mass is 9.89. The zero-order valence-corrected chi connectivity index (χ0v) is 7.96. The molecule has 2 aliphatic rings. The number of carbonyl (C=O) groups is 1. The number of hydrogen-bond donors (Lipinski definition) is 1. The lowest BCUT2D eigenvalue weighted by Crippen LogP contribution is -2.28. The van der Waals surface area contributed by atoms with Crippen LogP contribution in [0.2, 0.25) is 0 Å². The van der Waals surface area contributed by atoms with Crippen LogP contribution in [-0.2, 0) is 4.79 Å². The second-order valence-electron chi connectivity index (χ2n) is 3.75. The van der Waals surface area contributed by atoms with E-state index in [0.717, 1.165) is 0 Å². The van der Waals surface area contributed by atoms with E-state index in [4.69, 9.17) is 0 Å². The van der Waals surface area contributed by atoms with Crippen LogP contribution in [0.3, 0.4) is 0 Å². The number of aliphatic imine (C=N–C) groups is 1. The van der Waals surface area contributed by atoms with Crippen LogP contribution in [0.15, 0.2) is 16.1 Å². The van der Waals surface area contributed by atoms with E-state index in [1.807, 2.05) is 0 Å². The molecule has 0 aromatic carbocycles. The molecule has 76 valence electrons. The summed E-state index contributed by atoms with van der Waals surface area (Å²) in [5.74, 6) is -0.297. The third-order valence-electron chi connectivity index (χ3n) is 3.00. The maximum absolute atomic E-state index is 13.3. The molecule has 14 heavy (non-hydrogen) atoms. The summed E-state index contributed by atoms with van der Waals surface area (Å²) in [7, 11) is 0. The first-order valence-electron chi connectivity index (χ1n) is 4.73. The molecular weight excluding hydrogens is 185 g/mol. The Labute approximate surface area is 81.3 Å². The van der Waals surface area contributed by atoms with Gasteiger partial charge in [0, 0.05) is 19.1 Å². The molecule has 0 bridgehead atoms. The Morgan fingerprint density at radius 1 is 1.79 bits per heavy atom. The highest BCUT2D eigenvalue weighted by molar-refractivity contribution is 6.03. The number of hydrogen-bond acceptors (Lipinski definition) is 3. The van der Waals surface area contributed by atoms with Gasteiger partial charge in [-0.3, -0.25) is 9.79 Å². The molecule has 4 heteroatoms. The van der Waals surface area contributed by atoms with Crippen molar-refractivity contribution in [1.29, 1.82) is 0 Å². The number of halogens is 1. The molecule has 2 rings (SSSR count). The van der Waals surface area contributed by atoms with Gasteiger partial charge in [-0.25, -0.2) is 4.39 Å². The molecule has 1 aliphatic heterocycles. The Morgan fingerprint density at radius 2 is 2.50 bits per heavy atom. The predicted molar refractivity (Wildman–Crippen MR) is 49.9 cm³/mol. The molecule has 1 aliphatic carbocycles. The maximum atomic E-state index is 13.3. The van der Waals surface area contributed by atoms with E-state index in [-0.39, 0.29) is 17.8 Å². The van der Waals surface area contributed by atoms with Crippen LogP contribution in [0.25, 0.3) is 0 Å². The first-order chi connectivity index (χ1) is 6.58. The van der Waals surface area contributed by atoms with Gasteiger partial charge in [-0.2, -0.15) is 0 Å². The molecule has 0 radical (unpaired) electrons. The second kappa shape index (κ2) is 2.98. The van der Waals surface area contributed by atoms with Crippen molar-refractivity contribution in [2.75, 3.05) is 0 Å². The van der Waals surface area contributed by atoms with Crippen molar-refractivity contribution < 1.29 is 14.3 Å². The van der Waals surface area contributed by atoms with Crippen LogP contribution < -0.4 is 0 Å². The van der Waals surface area contributed by atoms with Gasteiger partial charge in [0.2, 0.25) is 6.30 Å². The topological polar surface area (TPSA) is 49.7 Å². The SMILES string of the molecule is CCC1(O)CC(=O)C2=C1CC=NC2F. The third kappa shape index (κ3) is 1.14. The van der Waals surface area contributed by atoms with Gasteiger partial charge in [-0.05, 0) is 12.0 Å². The fourth-order valence-electron chi connectivity index (χ4n) is 2.11. The van der Waals surface area contributed by atoms with Crippen LogP contribution in [0.1, 0.15) is 26.2 Å². The average Bonchev–Trinajstić information content (AvgIpc) is 2.41. The summed E-state index contributed by atoms with van der Waals surface area (Å²) in [4.78, 5) is 15.0. The summed E-state index contributed by atoms with van der Waals surface area (Å²) in [5.41, 5.74) is -0.493. The first kappa shape index (κ1) is 9.52. The molecule has 0 saturated carbocycles. The molecule has 1 heterocycles. The largest absolute Gasteiger partial charge is 0.385 e. The number of aliphatic hydroxyl groups is 1. The Balaban J connectivity index is 2.45. The summed E-state index contributed by atoms with van der Waals surface area (Å²) in [5, 5.41) is 10.1. The van der Waals surface area contributed by atoms with Crippen LogP contribution in [0.5, 0.6) is 0 Å². The van der Waals surface area contributed by atoms with E-state index in [2.05, 4.69) is 4.99 Å². The maximum Gasteiger partial charge on any atom is 0.218 e. The Morgan fingerprint density at radius 3 is 3.14 bits per heavy atom. The molecular formula is C10H12FNO2. The van der Waals surface area contributed by atoms with E-state index in [1.54, 1.807) is 6.92 Å². The summed E-state index contributed by atoms with van der Waals surface area (Å²) in [6, 6.07) is 0.